The molecule has 3 fully saturated rings. The molecular formula is C16H28N2O. The Balaban J connectivity index is 1.59. The summed E-state index contributed by atoms with van der Waals surface area (Å²) in [5, 5.41) is 3.32. The standard InChI is InChI=1S/C16H28N2O/c1-11(2)10-18-14-4-3-5-15(18)9-13(8-14)17-16(19)12-6-7-12/h11-15H,3-10H2,1-2H3,(H,17,19)/t14-,15-/m1/s1. The van der Waals surface area contributed by atoms with E-state index in [1.54, 1.807) is 0 Å². The van der Waals surface area contributed by atoms with Crippen molar-refractivity contribution in [1.82, 2.24) is 10.2 Å². The summed E-state index contributed by atoms with van der Waals surface area (Å²) in [7, 11) is 0. The van der Waals surface area contributed by atoms with Crippen molar-refractivity contribution >= 4 is 5.91 Å². The predicted octanol–water partition coefficient (Wildman–Crippen LogP) is 2.55. The Morgan fingerprint density at radius 3 is 2.32 bits per heavy atom. The number of piperidine rings is 2. The maximum absolute atomic E-state index is 11.9. The summed E-state index contributed by atoms with van der Waals surface area (Å²) >= 11 is 0. The van der Waals surface area contributed by atoms with Crippen LogP contribution in [-0.4, -0.2) is 35.5 Å². The summed E-state index contributed by atoms with van der Waals surface area (Å²) in [5.41, 5.74) is 0. The van der Waals surface area contributed by atoms with Crippen molar-refractivity contribution in [3.05, 3.63) is 0 Å². The molecule has 2 atom stereocenters. The highest BCUT2D eigenvalue weighted by Gasteiger charge is 2.40. The maximum atomic E-state index is 11.9. The highest BCUT2D eigenvalue weighted by atomic mass is 16.2. The van der Waals surface area contributed by atoms with Crippen LogP contribution in [0.2, 0.25) is 0 Å². The molecule has 0 aromatic heterocycles. The Bertz CT molecular complexity index is 324. The third-order valence-electron chi connectivity index (χ3n) is 5.00. The lowest BCUT2D eigenvalue weighted by molar-refractivity contribution is -0.123. The summed E-state index contributed by atoms with van der Waals surface area (Å²) in [6.07, 6.45) is 8.64. The predicted molar refractivity (Wildman–Crippen MR) is 76.9 cm³/mol. The normalized spacial score (nSPS) is 35.4. The molecule has 2 bridgehead atoms. The molecule has 1 N–H and O–H groups in total. The molecular weight excluding hydrogens is 236 g/mol. The van der Waals surface area contributed by atoms with Gasteiger partial charge in [0, 0.05) is 30.6 Å². The summed E-state index contributed by atoms with van der Waals surface area (Å²) in [6, 6.07) is 1.89. The molecule has 0 aromatic carbocycles. The van der Waals surface area contributed by atoms with Gasteiger partial charge in [-0.05, 0) is 44.4 Å². The average molecular weight is 264 g/mol. The highest BCUT2D eigenvalue weighted by molar-refractivity contribution is 5.81. The molecule has 0 aromatic rings. The number of carbonyl (C=O) groups is 1. The lowest BCUT2D eigenvalue weighted by Crippen LogP contribution is -2.57. The smallest absolute Gasteiger partial charge is 0.223 e. The van der Waals surface area contributed by atoms with Gasteiger partial charge in [-0.25, -0.2) is 0 Å². The molecule has 1 aliphatic carbocycles. The molecule has 3 nitrogen and oxygen atoms in total. The van der Waals surface area contributed by atoms with Gasteiger partial charge in [0.25, 0.3) is 0 Å². The van der Waals surface area contributed by atoms with E-state index in [0.717, 1.165) is 30.8 Å². The minimum absolute atomic E-state index is 0.334. The number of carbonyl (C=O) groups excluding carboxylic acids is 1. The quantitative estimate of drug-likeness (QED) is 0.846. The van der Waals surface area contributed by atoms with Crippen molar-refractivity contribution in [2.24, 2.45) is 11.8 Å². The van der Waals surface area contributed by atoms with E-state index in [1.807, 2.05) is 0 Å². The minimum Gasteiger partial charge on any atom is -0.353 e. The van der Waals surface area contributed by atoms with Gasteiger partial charge < -0.3 is 5.32 Å². The maximum Gasteiger partial charge on any atom is 0.223 e. The van der Waals surface area contributed by atoms with Crippen LogP contribution in [0.15, 0.2) is 0 Å². The van der Waals surface area contributed by atoms with Crippen molar-refractivity contribution < 1.29 is 4.79 Å². The SMILES string of the molecule is CC(C)CN1[C@@H]2CCC[C@@H]1CC(NC(=O)C1CC1)C2. The number of nitrogens with one attached hydrogen (secondary N) is 1. The van der Waals surface area contributed by atoms with Gasteiger partial charge in [0.1, 0.15) is 0 Å². The van der Waals surface area contributed by atoms with Gasteiger partial charge in [-0.15, -0.1) is 0 Å². The Morgan fingerprint density at radius 2 is 1.79 bits per heavy atom. The first kappa shape index (κ1) is 13.4. The molecule has 0 radical (unpaired) electrons. The number of hydrogen-bond acceptors (Lipinski definition) is 2. The molecule has 19 heavy (non-hydrogen) atoms. The van der Waals surface area contributed by atoms with Crippen LogP contribution in [0.5, 0.6) is 0 Å². The number of rotatable bonds is 4. The Hall–Kier alpha value is -0.570. The van der Waals surface area contributed by atoms with Crippen LogP contribution >= 0.6 is 0 Å². The van der Waals surface area contributed by atoms with E-state index < -0.39 is 0 Å². The van der Waals surface area contributed by atoms with Gasteiger partial charge >= 0.3 is 0 Å². The second-order valence-corrected chi connectivity index (χ2v) is 7.28. The second kappa shape index (κ2) is 5.43. The van der Waals surface area contributed by atoms with Crippen molar-refractivity contribution in [3.63, 3.8) is 0 Å². The Labute approximate surface area is 117 Å². The van der Waals surface area contributed by atoms with E-state index in [1.165, 1.54) is 38.6 Å². The van der Waals surface area contributed by atoms with Crippen LogP contribution in [0.25, 0.3) is 0 Å². The molecule has 3 aliphatic rings. The fourth-order valence-electron chi connectivity index (χ4n) is 3.98. The van der Waals surface area contributed by atoms with Gasteiger partial charge in [0.2, 0.25) is 5.91 Å². The topological polar surface area (TPSA) is 32.3 Å². The number of hydrogen-bond donors (Lipinski definition) is 1. The van der Waals surface area contributed by atoms with Gasteiger partial charge in [-0.1, -0.05) is 20.3 Å². The summed E-state index contributed by atoms with van der Waals surface area (Å²) in [4.78, 5) is 14.7. The third kappa shape index (κ3) is 3.13. The van der Waals surface area contributed by atoms with Gasteiger partial charge in [-0.3, -0.25) is 9.69 Å². The van der Waals surface area contributed by atoms with E-state index in [4.69, 9.17) is 0 Å². The Morgan fingerprint density at radius 1 is 1.16 bits per heavy atom. The van der Waals surface area contributed by atoms with Crippen molar-refractivity contribution in [2.75, 3.05) is 6.54 Å². The zero-order valence-electron chi connectivity index (χ0n) is 12.4. The molecule has 1 saturated carbocycles. The van der Waals surface area contributed by atoms with Crippen LogP contribution in [0.1, 0.15) is 58.8 Å². The Kier molecular flexibility index (Phi) is 3.84. The second-order valence-electron chi connectivity index (χ2n) is 7.28. The van der Waals surface area contributed by atoms with Crippen LogP contribution in [0.3, 0.4) is 0 Å². The fraction of sp³-hybridized carbons (Fsp3) is 0.938. The third-order valence-corrected chi connectivity index (χ3v) is 5.00. The molecule has 3 heteroatoms. The zero-order valence-corrected chi connectivity index (χ0v) is 12.4. The molecule has 2 saturated heterocycles. The first-order valence-electron chi connectivity index (χ1n) is 8.19. The number of fused-ring (bicyclic) bond motifs is 2. The van der Waals surface area contributed by atoms with E-state index in [2.05, 4.69) is 24.1 Å². The summed E-state index contributed by atoms with van der Waals surface area (Å²) < 4.78 is 0. The van der Waals surface area contributed by atoms with Crippen molar-refractivity contribution in [2.45, 2.75) is 76.9 Å². The van der Waals surface area contributed by atoms with Crippen molar-refractivity contribution in [3.8, 4) is 0 Å². The molecule has 0 spiro atoms. The molecule has 2 aliphatic heterocycles. The largest absolute Gasteiger partial charge is 0.353 e. The van der Waals surface area contributed by atoms with Crippen molar-refractivity contribution in [1.29, 1.82) is 0 Å². The average Bonchev–Trinajstić information content (AvgIpc) is 3.13. The highest BCUT2D eigenvalue weighted by Crippen LogP contribution is 2.35. The van der Waals surface area contributed by atoms with Crippen LogP contribution < -0.4 is 5.32 Å². The molecule has 3 rings (SSSR count). The molecule has 108 valence electrons. The number of nitrogens with zero attached hydrogens (tertiary/aromatic N) is 1. The summed E-state index contributed by atoms with van der Waals surface area (Å²) in [6.45, 7) is 5.87. The molecule has 2 heterocycles. The van der Waals surface area contributed by atoms with E-state index >= 15 is 0 Å². The van der Waals surface area contributed by atoms with E-state index in [-0.39, 0.29) is 0 Å². The monoisotopic (exact) mass is 264 g/mol. The van der Waals surface area contributed by atoms with Gasteiger partial charge in [0.05, 0.1) is 0 Å². The lowest BCUT2D eigenvalue weighted by atomic mass is 9.81. The van der Waals surface area contributed by atoms with Crippen LogP contribution in [0.4, 0.5) is 0 Å². The van der Waals surface area contributed by atoms with Gasteiger partial charge in [-0.2, -0.15) is 0 Å². The van der Waals surface area contributed by atoms with Crippen LogP contribution in [0, 0.1) is 11.8 Å². The van der Waals surface area contributed by atoms with E-state index in [9.17, 15) is 4.79 Å². The zero-order chi connectivity index (χ0) is 13.4. The number of amides is 1. The molecule has 1 amide bonds. The molecule has 0 unspecified atom stereocenters. The minimum atomic E-state index is 0.334. The summed E-state index contributed by atoms with van der Waals surface area (Å²) in [5.74, 6) is 1.44. The van der Waals surface area contributed by atoms with Gasteiger partial charge in [0.15, 0.2) is 0 Å². The lowest BCUT2D eigenvalue weighted by Gasteiger charge is -2.49. The van der Waals surface area contributed by atoms with E-state index in [0.29, 0.717) is 17.9 Å². The fourth-order valence-corrected chi connectivity index (χ4v) is 3.98. The van der Waals surface area contributed by atoms with Crippen LogP contribution in [-0.2, 0) is 4.79 Å². The first-order valence-corrected chi connectivity index (χ1v) is 8.19. The first-order chi connectivity index (χ1) is 9.13.